The molecule has 1 aliphatic heterocycles. The number of hydrogen-bond acceptors (Lipinski definition) is 7. The predicted octanol–water partition coefficient (Wildman–Crippen LogP) is 26.2. The van der Waals surface area contributed by atoms with Crippen LogP contribution in [0.25, 0.3) is 38.7 Å². The zero-order valence-electron chi connectivity index (χ0n) is 54.4. The molecule has 6 heterocycles. The maximum Gasteiger partial charge on any atom is 0.263 e. The fourth-order valence-corrected chi connectivity index (χ4v) is 19.7. The first-order valence-electron chi connectivity index (χ1n) is 35.1. The van der Waals surface area contributed by atoms with Gasteiger partial charge in [0.15, 0.2) is 0 Å². The first kappa shape index (κ1) is 68.3. The minimum Gasteiger partial charge on any atom is -0.274 e. The van der Waals surface area contributed by atoms with Crippen LogP contribution in [0.5, 0.6) is 0 Å². The van der Waals surface area contributed by atoms with Gasteiger partial charge in [-0.3, -0.25) is 14.5 Å². The Bertz CT molecular complexity index is 3070. The fraction of sp³-hybridized carbons (Fsp3) is 0.590. The highest BCUT2D eigenvalue weighted by Gasteiger charge is 2.42. The zero-order valence-corrected chi connectivity index (χ0v) is 58.5. The van der Waals surface area contributed by atoms with Crippen LogP contribution in [-0.2, 0) is 38.5 Å². The predicted molar refractivity (Wildman–Crippen MR) is 384 cm³/mol. The Balaban J connectivity index is 1.03. The van der Waals surface area contributed by atoms with Crippen molar-refractivity contribution in [2.75, 3.05) is 6.54 Å². The third-order valence-electron chi connectivity index (χ3n) is 18.6. The van der Waals surface area contributed by atoms with Crippen molar-refractivity contribution in [3.8, 4) is 29.3 Å². The van der Waals surface area contributed by atoms with Gasteiger partial charge in [0, 0.05) is 50.1 Å². The lowest BCUT2D eigenvalue weighted by atomic mass is 9.93. The minimum absolute atomic E-state index is 0.0633. The van der Waals surface area contributed by atoms with Gasteiger partial charge in [0.1, 0.15) is 0 Å². The molecule has 5 aromatic heterocycles. The van der Waals surface area contributed by atoms with Crippen molar-refractivity contribution in [2.45, 2.75) is 286 Å². The van der Waals surface area contributed by atoms with Gasteiger partial charge in [-0.05, 0) is 142 Å². The van der Waals surface area contributed by atoms with Gasteiger partial charge in [-0.1, -0.05) is 256 Å². The first-order valence-corrected chi connectivity index (χ1v) is 39.2. The number of benzene rings is 2. The number of fused-ring (bicyclic) bond motifs is 2. The maximum atomic E-state index is 14.9. The SMILES string of the molecule is CCCCCCCCCCc1ccc(CCc2c(-c3ccc(C)s3)sc3c(CCc4ccc(CCCCCCCCCC)cc4)c(-c4ccc(-c5sc(C)c6c5C(=O)N(CC(CCCCCCCC)CCCCCCCCCC)C6=O)s4)sc23)cc1. The molecule has 0 N–H and O–H groups in total. The van der Waals surface area contributed by atoms with E-state index in [-0.39, 0.29) is 11.8 Å². The van der Waals surface area contributed by atoms with Gasteiger partial charge in [-0.15, -0.1) is 56.7 Å². The van der Waals surface area contributed by atoms with Crippen LogP contribution < -0.4 is 0 Å². The summed E-state index contributed by atoms with van der Waals surface area (Å²) >= 11 is 9.46. The van der Waals surface area contributed by atoms with E-state index in [2.05, 4.69) is 114 Å². The van der Waals surface area contributed by atoms with Gasteiger partial charge in [0.2, 0.25) is 0 Å². The van der Waals surface area contributed by atoms with E-state index in [0.29, 0.717) is 23.6 Å². The molecule has 2 amide bonds. The van der Waals surface area contributed by atoms with Crippen molar-refractivity contribution in [3.05, 3.63) is 127 Å². The number of carbonyl (C=O) groups is 2. The molecule has 2 aromatic carbocycles. The van der Waals surface area contributed by atoms with Crippen molar-refractivity contribution in [1.29, 1.82) is 0 Å². The third-order valence-corrected chi connectivity index (χ3v) is 25.1. The number of carbonyl (C=O) groups excluding carboxylic acids is 2. The molecule has 0 bridgehead atoms. The highest BCUT2D eigenvalue weighted by molar-refractivity contribution is 7.34. The summed E-state index contributed by atoms with van der Waals surface area (Å²) < 4.78 is 2.91. The molecule has 1 unspecified atom stereocenters. The Labute approximate surface area is 542 Å². The van der Waals surface area contributed by atoms with Crippen molar-refractivity contribution < 1.29 is 9.59 Å². The van der Waals surface area contributed by atoms with Crippen molar-refractivity contribution in [2.24, 2.45) is 5.92 Å². The van der Waals surface area contributed by atoms with E-state index in [9.17, 15) is 9.59 Å². The molecule has 86 heavy (non-hydrogen) atoms. The minimum atomic E-state index is -0.0663. The van der Waals surface area contributed by atoms with Crippen LogP contribution >= 0.6 is 56.7 Å². The summed E-state index contributed by atoms with van der Waals surface area (Å²) in [5.74, 6) is 0.224. The van der Waals surface area contributed by atoms with Gasteiger partial charge in [-0.2, -0.15) is 0 Å². The van der Waals surface area contributed by atoms with Crippen LogP contribution in [0, 0.1) is 19.8 Å². The van der Waals surface area contributed by atoms with E-state index in [1.165, 1.54) is 273 Å². The van der Waals surface area contributed by atoms with E-state index in [1.807, 2.05) is 45.3 Å². The molecule has 0 saturated carbocycles. The summed E-state index contributed by atoms with van der Waals surface area (Å²) in [6.45, 7) is 14.0. The number of rotatable bonds is 45. The lowest BCUT2D eigenvalue weighted by Gasteiger charge is -2.23. The van der Waals surface area contributed by atoms with Crippen molar-refractivity contribution >= 4 is 77.9 Å². The Morgan fingerprint density at radius 3 is 1.09 bits per heavy atom. The lowest BCUT2D eigenvalue weighted by molar-refractivity contribution is 0.0621. The molecule has 468 valence electrons. The molecule has 0 spiro atoms. The Kier molecular flexibility index (Phi) is 29.8. The highest BCUT2D eigenvalue weighted by Crippen LogP contribution is 2.53. The standard InChI is InChI=1S/C78H109NO2S5/c1-7-11-15-19-23-26-30-33-37-60-42-46-62(47-43-60)50-52-65-72(67-54-41-58(5)82-67)85-75-66(53-51-63-48-44-61(45-49-63)38-34-31-27-24-20-16-12-8-2)73(86-74(65)75)68-55-56-69(84-68)76-71-70(59(6)83-76)77(80)79(78(71)81)57-64(39-35-29-22-18-14-10-4)40-36-32-28-25-21-17-13-9-3/h41-49,54-56,64H,7-40,50-53,57H2,1-6H3. The first-order chi connectivity index (χ1) is 42.2. The third kappa shape index (κ3) is 20.2. The fourth-order valence-electron chi connectivity index (χ4n) is 13.3. The second-order valence-corrected chi connectivity index (χ2v) is 31.4. The lowest BCUT2D eigenvalue weighted by Crippen LogP contribution is -2.35. The maximum absolute atomic E-state index is 14.9. The molecular formula is C78H109NO2S5. The molecule has 7 aromatic rings. The molecule has 8 heteroatoms. The van der Waals surface area contributed by atoms with Crippen LogP contribution in [-0.4, -0.2) is 23.3 Å². The number of unbranched alkanes of at least 4 members (excludes halogenated alkanes) is 26. The number of hydrogen-bond donors (Lipinski definition) is 0. The molecule has 0 radical (unpaired) electrons. The molecule has 1 aliphatic rings. The molecule has 1 atom stereocenters. The van der Waals surface area contributed by atoms with Crippen LogP contribution in [0.3, 0.4) is 0 Å². The monoisotopic (exact) mass is 1250 g/mol. The molecule has 0 saturated heterocycles. The highest BCUT2D eigenvalue weighted by atomic mass is 32.1. The molecule has 8 rings (SSSR count). The van der Waals surface area contributed by atoms with Crippen LogP contribution in [0.15, 0.2) is 72.8 Å². The van der Waals surface area contributed by atoms with E-state index < -0.39 is 0 Å². The van der Waals surface area contributed by atoms with E-state index >= 15 is 0 Å². The van der Waals surface area contributed by atoms with Crippen LogP contribution in [0.1, 0.15) is 297 Å². The average molecular weight is 1250 g/mol. The summed E-state index contributed by atoms with van der Waals surface area (Å²) in [6, 6.07) is 28.5. The second-order valence-electron chi connectivity index (χ2n) is 25.8. The number of amides is 2. The number of imide groups is 1. The van der Waals surface area contributed by atoms with Crippen LogP contribution in [0.2, 0.25) is 0 Å². The summed E-state index contributed by atoms with van der Waals surface area (Å²) in [7, 11) is 0. The Morgan fingerprint density at radius 2 is 0.686 bits per heavy atom. The second kappa shape index (κ2) is 37.5. The average Bonchev–Trinajstić information content (AvgIpc) is 2.88. The topological polar surface area (TPSA) is 37.4 Å². The van der Waals surface area contributed by atoms with Crippen molar-refractivity contribution in [1.82, 2.24) is 4.90 Å². The van der Waals surface area contributed by atoms with Gasteiger partial charge in [-0.25, -0.2) is 0 Å². The summed E-state index contributed by atoms with van der Waals surface area (Å²) in [6.07, 6.45) is 48.2. The van der Waals surface area contributed by atoms with Gasteiger partial charge < -0.3 is 0 Å². The quantitative estimate of drug-likeness (QED) is 0.0282. The largest absolute Gasteiger partial charge is 0.274 e. The summed E-state index contributed by atoms with van der Waals surface area (Å²) in [5, 5.41) is 0. The number of nitrogens with zero attached hydrogens (tertiary/aromatic N) is 1. The van der Waals surface area contributed by atoms with Crippen molar-refractivity contribution in [3.63, 3.8) is 0 Å². The van der Waals surface area contributed by atoms with E-state index in [0.717, 1.165) is 53.2 Å². The number of aryl methyl sites for hydroxylation is 8. The van der Waals surface area contributed by atoms with E-state index in [1.54, 1.807) is 16.2 Å². The van der Waals surface area contributed by atoms with E-state index in [4.69, 9.17) is 0 Å². The molecule has 0 fully saturated rings. The zero-order chi connectivity index (χ0) is 60.3. The van der Waals surface area contributed by atoms with Gasteiger partial charge in [0.25, 0.3) is 11.8 Å². The molecular weight excluding hydrogens is 1140 g/mol. The summed E-state index contributed by atoms with van der Waals surface area (Å²) in [5.41, 5.74) is 10.1. The van der Waals surface area contributed by atoms with Crippen LogP contribution in [0.4, 0.5) is 0 Å². The molecule has 3 nitrogen and oxygen atoms in total. The number of thiophene rings is 5. The molecule has 0 aliphatic carbocycles. The Morgan fingerprint density at radius 1 is 0.337 bits per heavy atom. The van der Waals surface area contributed by atoms with Gasteiger partial charge >= 0.3 is 0 Å². The van der Waals surface area contributed by atoms with Gasteiger partial charge in [0.05, 0.1) is 16.0 Å². The smallest absolute Gasteiger partial charge is 0.263 e. The Hall–Kier alpha value is -3.66. The normalized spacial score (nSPS) is 12.9. The summed E-state index contributed by atoms with van der Waals surface area (Å²) in [4.78, 5) is 41.0.